The average Bonchev–Trinajstić information content (AvgIpc) is 3.01. The molecule has 0 spiro atoms. The Balaban J connectivity index is 1.54. The summed E-state index contributed by atoms with van der Waals surface area (Å²) in [6.07, 6.45) is 3.53. The molecule has 0 radical (unpaired) electrons. The number of halogens is 1. The van der Waals surface area contributed by atoms with Crippen molar-refractivity contribution in [2.24, 2.45) is 4.99 Å². The first-order valence-corrected chi connectivity index (χ1v) is 11.8. The summed E-state index contributed by atoms with van der Waals surface area (Å²) in [5, 5.41) is 5.67. The molecule has 3 rings (SSSR count). The Hall–Kier alpha value is -2.78. The molecule has 7 nitrogen and oxygen atoms in total. The lowest BCUT2D eigenvalue weighted by molar-refractivity contribution is -0.115. The molecule has 2 aromatic rings. The molecule has 3 N–H and O–H groups in total. The summed E-state index contributed by atoms with van der Waals surface area (Å²) in [4.78, 5) is 16.6. The van der Waals surface area contributed by atoms with Crippen molar-refractivity contribution in [1.82, 2.24) is 10.0 Å². The quantitative estimate of drug-likeness (QED) is 0.607. The highest BCUT2D eigenvalue weighted by atomic mass is 32.2. The number of amidine groups is 1. The summed E-state index contributed by atoms with van der Waals surface area (Å²) < 4.78 is 41.5. The minimum atomic E-state index is -3.72. The van der Waals surface area contributed by atoms with Crippen LogP contribution >= 0.6 is 0 Å². The molecular formula is C22H27FN4O3S. The number of amides is 1. The van der Waals surface area contributed by atoms with Crippen LogP contribution in [0.2, 0.25) is 0 Å². The van der Waals surface area contributed by atoms with E-state index >= 15 is 0 Å². The number of nitrogens with zero attached hydrogens (tertiary/aromatic N) is 1. The minimum Gasteiger partial charge on any atom is -0.325 e. The van der Waals surface area contributed by atoms with Crippen molar-refractivity contribution >= 4 is 27.5 Å². The van der Waals surface area contributed by atoms with Crippen LogP contribution in [0, 0.1) is 5.82 Å². The smallest absolute Gasteiger partial charge is 0.262 e. The fraction of sp³-hybridized carbons (Fsp3) is 0.364. The molecule has 0 aliphatic carbocycles. The van der Waals surface area contributed by atoms with E-state index in [4.69, 9.17) is 0 Å². The molecule has 1 aliphatic heterocycles. The van der Waals surface area contributed by atoms with E-state index in [0.717, 1.165) is 19.3 Å². The van der Waals surface area contributed by atoms with Gasteiger partial charge >= 0.3 is 0 Å². The van der Waals surface area contributed by atoms with E-state index < -0.39 is 10.0 Å². The lowest BCUT2D eigenvalue weighted by Gasteiger charge is -2.15. The fourth-order valence-electron chi connectivity index (χ4n) is 3.28. The fourth-order valence-corrected chi connectivity index (χ4v) is 4.37. The van der Waals surface area contributed by atoms with Gasteiger partial charge < -0.3 is 10.6 Å². The number of anilines is 1. The van der Waals surface area contributed by atoms with Gasteiger partial charge in [-0.2, -0.15) is 0 Å². The van der Waals surface area contributed by atoms with Crippen LogP contribution in [0.15, 0.2) is 58.4 Å². The number of nitrogens with one attached hydrogen (secondary N) is 3. The Kier molecular flexibility index (Phi) is 7.75. The second-order valence-electron chi connectivity index (χ2n) is 7.44. The summed E-state index contributed by atoms with van der Waals surface area (Å²) in [6, 6.07) is 12.0. The Morgan fingerprint density at radius 2 is 1.84 bits per heavy atom. The van der Waals surface area contributed by atoms with Crippen molar-refractivity contribution in [1.29, 1.82) is 0 Å². The highest BCUT2D eigenvalue weighted by molar-refractivity contribution is 7.90. The first kappa shape index (κ1) is 22.9. The van der Waals surface area contributed by atoms with Crippen LogP contribution in [-0.4, -0.2) is 33.3 Å². The molecule has 166 valence electrons. The molecule has 0 fully saturated rings. The first-order chi connectivity index (χ1) is 14.8. The molecule has 0 bridgehead atoms. The topological polar surface area (TPSA) is 99.7 Å². The highest BCUT2D eigenvalue weighted by Gasteiger charge is 2.17. The van der Waals surface area contributed by atoms with Crippen molar-refractivity contribution < 1.29 is 17.6 Å². The van der Waals surface area contributed by atoms with E-state index in [-0.39, 0.29) is 29.2 Å². The molecule has 9 heteroatoms. The highest BCUT2D eigenvalue weighted by Crippen LogP contribution is 2.17. The summed E-state index contributed by atoms with van der Waals surface area (Å²) >= 11 is 0. The summed E-state index contributed by atoms with van der Waals surface area (Å²) in [5.74, 6) is -0.155. The molecular weight excluding hydrogens is 419 g/mol. The Labute approximate surface area is 182 Å². The molecule has 1 aliphatic rings. The average molecular weight is 447 g/mol. The van der Waals surface area contributed by atoms with E-state index in [1.807, 2.05) is 0 Å². The van der Waals surface area contributed by atoms with Crippen molar-refractivity contribution in [3.8, 4) is 0 Å². The van der Waals surface area contributed by atoms with E-state index in [1.54, 1.807) is 25.1 Å². The van der Waals surface area contributed by atoms with Crippen LogP contribution < -0.4 is 15.4 Å². The summed E-state index contributed by atoms with van der Waals surface area (Å²) in [5.41, 5.74) is 0.951. The van der Waals surface area contributed by atoms with E-state index in [2.05, 4.69) is 20.3 Å². The Morgan fingerprint density at radius 1 is 1.10 bits per heavy atom. The number of sulfonamides is 1. The van der Waals surface area contributed by atoms with Gasteiger partial charge in [-0.25, -0.2) is 12.8 Å². The van der Waals surface area contributed by atoms with Gasteiger partial charge in [0.05, 0.1) is 11.4 Å². The summed E-state index contributed by atoms with van der Waals surface area (Å²) in [6.45, 7) is 2.39. The van der Waals surface area contributed by atoms with Gasteiger partial charge in [0.2, 0.25) is 5.91 Å². The van der Waals surface area contributed by atoms with Crippen molar-refractivity contribution in [3.63, 3.8) is 0 Å². The van der Waals surface area contributed by atoms with Gasteiger partial charge in [-0.15, -0.1) is 0 Å². The Morgan fingerprint density at radius 3 is 2.58 bits per heavy atom. The van der Waals surface area contributed by atoms with Gasteiger partial charge in [-0.05, 0) is 50.1 Å². The molecule has 0 saturated heterocycles. The van der Waals surface area contributed by atoms with Gasteiger partial charge in [0.15, 0.2) is 0 Å². The standard InChI is InChI=1S/C22H27FN4O3S/c1-16(19-7-4-5-8-20(19)23)25-15-22(28)26-17-10-12-18(13-11-17)31(29,30)27-21-9-3-2-6-14-24-21/h4-5,7-8,10-13,16,25H,2-3,6,9,14-15H2,1H3,(H,24,27)(H,26,28). The van der Waals surface area contributed by atoms with Crippen LogP contribution in [0.25, 0.3) is 0 Å². The molecule has 0 saturated carbocycles. The van der Waals surface area contributed by atoms with Gasteiger partial charge in [0.1, 0.15) is 11.7 Å². The van der Waals surface area contributed by atoms with Crippen molar-refractivity contribution in [2.75, 3.05) is 18.4 Å². The maximum Gasteiger partial charge on any atom is 0.262 e. The molecule has 0 aromatic heterocycles. The van der Waals surface area contributed by atoms with E-state index in [0.29, 0.717) is 30.1 Å². The maximum atomic E-state index is 13.8. The predicted molar refractivity (Wildman–Crippen MR) is 119 cm³/mol. The van der Waals surface area contributed by atoms with Crippen LogP contribution in [0.1, 0.15) is 44.2 Å². The number of hydrogen-bond donors (Lipinski definition) is 3. The van der Waals surface area contributed by atoms with Crippen molar-refractivity contribution in [2.45, 2.75) is 43.5 Å². The minimum absolute atomic E-state index is 0.0169. The van der Waals surface area contributed by atoms with Gasteiger partial charge in [-0.3, -0.25) is 14.5 Å². The number of aliphatic imine (C=N–C) groups is 1. The number of rotatable bonds is 7. The lowest BCUT2D eigenvalue weighted by Crippen LogP contribution is -2.31. The number of carbonyl (C=O) groups excluding carboxylic acids is 1. The molecule has 1 unspecified atom stereocenters. The Bertz CT molecular complexity index is 1040. The predicted octanol–water partition coefficient (Wildman–Crippen LogP) is 3.37. The van der Waals surface area contributed by atoms with Crippen LogP contribution in [-0.2, 0) is 14.8 Å². The number of hydrogen-bond acceptors (Lipinski definition) is 5. The number of benzene rings is 2. The zero-order valence-corrected chi connectivity index (χ0v) is 18.2. The van der Waals surface area contributed by atoms with Crippen molar-refractivity contribution in [3.05, 3.63) is 59.9 Å². The van der Waals surface area contributed by atoms with E-state index in [1.165, 1.54) is 30.3 Å². The third-order valence-corrected chi connectivity index (χ3v) is 6.41. The zero-order chi connectivity index (χ0) is 22.3. The van der Waals surface area contributed by atoms with Crippen LogP contribution in [0.3, 0.4) is 0 Å². The van der Waals surface area contributed by atoms with Gasteiger partial charge in [0.25, 0.3) is 10.0 Å². The van der Waals surface area contributed by atoms with Gasteiger partial charge in [0, 0.05) is 30.3 Å². The SMILES string of the molecule is CC(NCC(=O)Nc1ccc(S(=O)(=O)NC2=NCCCCC2)cc1)c1ccccc1F. The third kappa shape index (κ3) is 6.60. The van der Waals surface area contributed by atoms with Crippen LogP contribution in [0.5, 0.6) is 0 Å². The molecule has 1 amide bonds. The second kappa shape index (κ2) is 10.5. The monoisotopic (exact) mass is 446 g/mol. The normalized spacial score (nSPS) is 15.5. The molecule has 31 heavy (non-hydrogen) atoms. The largest absolute Gasteiger partial charge is 0.325 e. The molecule has 1 heterocycles. The summed E-state index contributed by atoms with van der Waals surface area (Å²) in [7, 11) is -3.72. The first-order valence-electron chi connectivity index (χ1n) is 10.3. The van der Waals surface area contributed by atoms with Gasteiger partial charge in [-0.1, -0.05) is 24.6 Å². The third-order valence-electron chi connectivity index (χ3n) is 5.02. The zero-order valence-electron chi connectivity index (χ0n) is 17.4. The lowest BCUT2D eigenvalue weighted by atomic mass is 10.1. The van der Waals surface area contributed by atoms with E-state index in [9.17, 15) is 17.6 Å². The maximum absolute atomic E-state index is 13.8. The van der Waals surface area contributed by atoms with Crippen LogP contribution in [0.4, 0.5) is 10.1 Å². The number of carbonyl (C=O) groups is 1. The second-order valence-corrected chi connectivity index (χ2v) is 9.12. The molecule has 2 aromatic carbocycles. The molecule has 1 atom stereocenters.